The Labute approximate surface area is 56.9 Å². The van der Waals surface area contributed by atoms with E-state index >= 15 is 0 Å². The highest BCUT2D eigenvalue weighted by molar-refractivity contribution is 5.73. The highest BCUT2D eigenvalue weighted by atomic mass is 16.6. The molecule has 5 nitrogen and oxygen atoms in total. The Balaban J connectivity index is 2.57. The van der Waals surface area contributed by atoms with E-state index in [2.05, 4.69) is 4.74 Å². The maximum absolute atomic E-state index is 10.2. The van der Waals surface area contributed by atoms with E-state index in [1.165, 1.54) is 0 Å². The summed E-state index contributed by atoms with van der Waals surface area (Å²) in [4.78, 5) is 10.2. The highest BCUT2D eigenvalue weighted by Gasteiger charge is 2.39. The van der Waals surface area contributed by atoms with Crippen LogP contribution in [0, 0.1) is 0 Å². The van der Waals surface area contributed by atoms with Crippen LogP contribution in [0.5, 0.6) is 0 Å². The number of aliphatic hydroxyl groups excluding tert-OH is 2. The summed E-state index contributed by atoms with van der Waals surface area (Å²) in [5.74, 6) is -1.25. The molecule has 0 aromatic rings. The maximum atomic E-state index is 10.2. The first-order chi connectivity index (χ1) is 4.63. The first-order valence-electron chi connectivity index (χ1n) is 2.83. The Hall–Kier alpha value is -0.650. The van der Waals surface area contributed by atoms with E-state index in [-0.39, 0.29) is 6.61 Å². The molecule has 3 atom stereocenters. The van der Waals surface area contributed by atoms with Crippen LogP contribution in [0.25, 0.3) is 0 Å². The SMILES string of the molecule is O=C(O)C1OCC(O)C1O. The minimum Gasteiger partial charge on any atom is -0.479 e. The molecule has 0 radical (unpaired) electrons. The first kappa shape index (κ1) is 7.46. The fourth-order valence-corrected chi connectivity index (χ4v) is 0.819. The van der Waals surface area contributed by atoms with Gasteiger partial charge >= 0.3 is 5.97 Å². The number of hydrogen-bond donors (Lipinski definition) is 3. The molecule has 0 aromatic carbocycles. The molecule has 58 valence electrons. The summed E-state index contributed by atoms with van der Waals surface area (Å²) in [5, 5.41) is 26.0. The predicted molar refractivity (Wildman–Crippen MR) is 29.4 cm³/mol. The Bertz CT molecular complexity index is 145. The van der Waals surface area contributed by atoms with Crippen LogP contribution in [0.2, 0.25) is 0 Å². The maximum Gasteiger partial charge on any atom is 0.335 e. The molecule has 1 aliphatic rings. The van der Waals surface area contributed by atoms with Gasteiger partial charge in [-0.2, -0.15) is 0 Å². The van der Waals surface area contributed by atoms with Crippen LogP contribution in [0.1, 0.15) is 0 Å². The molecule has 0 aromatic heterocycles. The summed E-state index contributed by atoms with van der Waals surface area (Å²) in [6.07, 6.45) is -3.63. The average Bonchev–Trinajstić information content (AvgIpc) is 2.14. The van der Waals surface area contributed by atoms with Crippen molar-refractivity contribution in [1.29, 1.82) is 0 Å². The number of aliphatic hydroxyl groups is 2. The third-order valence-electron chi connectivity index (χ3n) is 1.39. The lowest BCUT2D eigenvalue weighted by atomic mass is 10.1. The molecule has 1 fully saturated rings. The number of carboxylic acid groups (broad SMARTS) is 1. The zero-order chi connectivity index (χ0) is 7.72. The predicted octanol–water partition coefficient (Wildman–Crippen LogP) is -1.81. The van der Waals surface area contributed by atoms with E-state index in [4.69, 9.17) is 15.3 Å². The molecule has 1 aliphatic heterocycles. The van der Waals surface area contributed by atoms with Gasteiger partial charge in [0.25, 0.3) is 0 Å². The van der Waals surface area contributed by atoms with Crippen LogP contribution in [0.3, 0.4) is 0 Å². The number of aliphatic carboxylic acids is 1. The second kappa shape index (κ2) is 2.53. The number of carboxylic acids is 1. The number of hydrogen-bond acceptors (Lipinski definition) is 4. The van der Waals surface area contributed by atoms with Crippen LogP contribution >= 0.6 is 0 Å². The number of ether oxygens (including phenoxy) is 1. The second-order valence-electron chi connectivity index (χ2n) is 2.15. The fraction of sp³-hybridized carbons (Fsp3) is 0.800. The van der Waals surface area contributed by atoms with Gasteiger partial charge in [-0.1, -0.05) is 0 Å². The molecule has 1 heterocycles. The summed E-state index contributed by atoms with van der Waals surface area (Å²) >= 11 is 0. The Morgan fingerprint density at radius 1 is 1.50 bits per heavy atom. The van der Waals surface area contributed by atoms with Crippen molar-refractivity contribution in [3.05, 3.63) is 0 Å². The summed E-state index contributed by atoms with van der Waals surface area (Å²) in [5.41, 5.74) is 0. The van der Waals surface area contributed by atoms with E-state index in [1.807, 2.05) is 0 Å². The van der Waals surface area contributed by atoms with Crippen LogP contribution < -0.4 is 0 Å². The van der Waals surface area contributed by atoms with Gasteiger partial charge in [-0.3, -0.25) is 0 Å². The van der Waals surface area contributed by atoms with Crippen molar-refractivity contribution >= 4 is 5.97 Å². The smallest absolute Gasteiger partial charge is 0.335 e. The molecule has 0 amide bonds. The van der Waals surface area contributed by atoms with E-state index in [0.29, 0.717) is 0 Å². The van der Waals surface area contributed by atoms with Gasteiger partial charge in [-0.05, 0) is 0 Å². The molecule has 5 heteroatoms. The minimum atomic E-state index is -1.29. The summed E-state index contributed by atoms with van der Waals surface area (Å²) in [6.45, 7) is -0.113. The van der Waals surface area contributed by atoms with Crippen molar-refractivity contribution in [3.8, 4) is 0 Å². The van der Waals surface area contributed by atoms with Gasteiger partial charge in [0.2, 0.25) is 0 Å². The normalized spacial score (nSPS) is 40.0. The fourth-order valence-electron chi connectivity index (χ4n) is 0.819. The van der Waals surface area contributed by atoms with Gasteiger partial charge in [0.05, 0.1) is 6.61 Å². The lowest BCUT2D eigenvalue weighted by Gasteiger charge is -2.08. The van der Waals surface area contributed by atoms with Crippen molar-refractivity contribution in [1.82, 2.24) is 0 Å². The average molecular weight is 148 g/mol. The molecular formula is C5H8O5. The number of rotatable bonds is 1. The summed E-state index contributed by atoms with van der Waals surface area (Å²) in [7, 11) is 0. The lowest BCUT2D eigenvalue weighted by molar-refractivity contribution is -0.151. The molecule has 0 spiro atoms. The van der Waals surface area contributed by atoms with Crippen molar-refractivity contribution < 1.29 is 24.9 Å². The van der Waals surface area contributed by atoms with Crippen LogP contribution in [0.4, 0.5) is 0 Å². The van der Waals surface area contributed by atoms with Crippen molar-refractivity contribution in [2.75, 3.05) is 6.61 Å². The molecule has 0 aliphatic carbocycles. The zero-order valence-corrected chi connectivity index (χ0v) is 5.10. The van der Waals surface area contributed by atoms with Crippen LogP contribution in [-0.2, 0) is 9.53 Å². The third-order valence-corrected chi connectivity index (χ3v) is 1.39. The quantitative estimate of drug-likeness (QED) is 0.408. The van der Waals surface area contributed by atoms with Gasteiger partial charge in [-0.15, -0.1) is 0 Å². The topological polar surface area (TPSA) is 87.0 Å². The number of carbonyl (C=O) groups is 1. The first-order valence-corrected chi connectivity index (χ1v) is 2.83. The molecular weight excluding hydrogens is 140 g/mol. The van der Waals surface area contributed by atoms with Crippen molar-refractivity contribution in [2.24, 2.45) is 0 Å². The van der Waals surface area contributed by atoms with E-state index in [0.717, 1.165) is 0 Å². The van der Waals surface area contributed by atoms with Crippen molar-refractivity contribution in [2.45, 2.75) is 18.3 Å². The van der Waals surface area contributed by atoms with E-state index in [9.17, 15) is 4.79 Å². The summed E-state index contributed by atoms with van der Waals surface area (Å²) in [6, 6.07) is 0. The van der Waals surface area contributed by atoms with Crippen LogP contribution in [-0.4, -0.2) is 46.2 Å². The zero-order valence-electron chi connectivity index (χ0n) is 5.10. The molecule has 1 saturated heterocycles. The molecule has 3 N–H and O–H groups in total. The Kier molecular flexibility index (Phi) is 1.89. The van der Waals surface area contributed by atoms with Gasteiger partial charge in [0.15, 0.2) is 6.10 Å². The van der Waals surface area contributed by atoms with Crippen LogP contribution in [0.15, 0.2) is 0 Å². The van der Waals surface area contributed by atoms with Gasteiger partial charge in [-0.25, -0.2) is 4.79 Å². The highest BCUT2D eigenvalue weighted by Crippen LogP contribution is 2.13. The van der Waals surface area contributed by atoms with E-state index < -0.39 is 24.3 Å². The third kappa shape index (κ3) is 1.11. The molecule has 0 saturated carbocycles. The summed E-state index contributed by atoms with van der Waals surface area (Å²) < 4.78 is 4.54. The van der Waals surface area contributed by atoms with Crippen molar-refractivity contribution in [3.63, 3.8) is 0 Å². The van der Waals surface area contributed by atoms with Gasteiger partial charge < -0.3 is 20.1 Å². The molecule has 3 unspecified atom stereocenters. The van der Waals surface area contributed by atoms with E-state index in [1.54, 1.807) is 0 Å². The van der Waals surface area contributed by atoms with Gasteiger partial charge in [0, 0.05) is 0 Å². The Morgan fingerprint density at radius 3 is 2.30 bits per heavy atom. The molecule has 1 rings (SSSR count). The van der Waals surface area contributed by atoms with Gasteiger partial charge in [0.1, 0.15) is 12.2 Å². The minimum absolute atomic E-state index is 0.113. The Morgan fingerprint density at radius 2 is 2.10 bits per heavy atom. The lowest BCUT2D eigenvalue weighted by Crippen LogP contribution is -2.35. The standard InChI is InChI=1S/C5H8O5/c6-2-1-10-4(3(2)7)5(8)9/h2-4,6-7H,1H2,(H,8,9). The second-order valence-corrected chi connectivity index (χ2v) is 2.15. The monoisotopic (exact) mass is 148 g/mol. The largest absolute Gasteiger partial charge is 0.479 e. The molecule has 10 heavy (non-hydrogen) atoms. The molecule has 0 bridgehead atoms.